The van der Waals surface area contributed by atoms with E-state index in [9.17, 15) is 28.8 Å². The van der Waals surface area contributed by atoms with Crippen molar-refractivity contribution in [2.24, 2.45) is 0 Å². The summed E-state index contributed by atoms with van der Waals surface area (Å²) in [5.74, 6) is -1.39. The molecule has 1 aliphatic carbocycles. The van der Waals surface area contributed by atoms with E-state index in [0.717, 1.165) is 89.2 Å². The number of benzene rings is 4. The zero-order valence-corrected chi connectivity index (χ0v) is 38.4. The number of esters is 6. The maximum absolute atomic E-state index is 13.2. The highest BCUT2D eigenvalue weighted by molar-refractivity contribution is 5.93. The summed E-state index contributed by atoms with van der Waals surface area (Å²) >= 11 is 0. The molecule has 14 heteroatoms. The van der Waals surface area contributed by atoms with E-state index < -0.39 is 48.0 Å². The monoisotopic (exact) mass is 932 g/mol. The van der Waals surface area contributed by atoms with Crippen LogP contribution in [0.3, 0.4) is 0 Å². The summed E-state index contributed by atoms with van der Waals surface area (Å²) in [6, 6.07) is 25.4. The molecular weight excluding hydrogens is 873 g/mol. The molecule has 4 aromatic carbocycles. The average Bonchev–Trinajstić information content (AvgIpc) is 3.36. The molecule has 0 heterocycles. The third-order valence-electron chi connectivity index (χ3n) is 10.9. The van der Waals surface area contributed by atoms with E-state index in [1.165, 1.54) is 48.5 Å². The second kappa shape index (κ2) is 28.7. The molecule has 14 nitrogen and oxygen atoms in total. The van der Waals surface area contributed by atoms with E-state index in [4.69, 9.17) is 37.9 Å². The summed E-state index contributed by atoms with van der Waals surface area (Å²) in [4.78, 5) is 74.2. The lowest BCUT2D eigenvalue weighted by Crippen LogP contribution is -2.37. The van der Waals surface area contributed by atoms with Gasteiger partial charge >= 0.3 is 35.8 Å². The largest absolute Gasteiger partial charge is 0.494 e. The van der Waals surface area contributed by atoms with Gasteiger partial charge in [0.25, 0.3) is 0 Å². The molecule has 1 fully saturated rings. The number of hydrogen-bond donors (Lipinski definition) is 0. The van der Waals surface area contributed by atoms with E-state index in [0.29, 0.717) is 61.9 Å². The molecule has 5 rings (SSSR count). The topological polar surface area (TPSA) is 176 Å². The Morgan fingerprint density at radius 1 is 0.397 bits per heavy atom. The van der Waals surface area contributed by atoms with Crippen molar-refractivity contribution in [3.63, 3.8) is 0 Å². The molecule has 1 aliphatic rings. The number of carbonyl (C=O) groups is 6. The van der Waals surface area contributed by atoms with Crippen molar-refractivity contribution in [1.82, 2.24) is 0 Å². The Kier molecular flexibility index (Phi) is 21.9. The van der Waals surface area contributed by atoms with Gasteiger partial charge in [-0.25, -0.2) is 28.8 Å². The summed E-state index contributed by atoms with van der Waals surface area (Å²) in [5.41, 5.74) is 1.15. The van der Waals surface area contributed by atoms with Crippen LogP contribution in [0.4, 0.5) is 0 Å². The van der Waals surface area contributed by atoms with Gasteiger partial charge in [0.15, 0.2) is 0 Å². The molecule has 2 atom stereocenters. The van der Waals surface area contributed by atoms with Gasteiger partial charge in [0.1, 0.15) is 35.2 Å². The molecule has 0 saturated heterocycles. The first kappa shape index (κ1) is 51.8. The molecule has 0 unspecified atom stereocenters. The quantitative estimate of drug-likeness (QED) is 0.0173. The van der Waals surface area contributed by atoms with Crippen molar-refractivity contribution in [3.05, 3.63) is 145 Å². The fourth-order valence-electron chi connectivity index (χ4n) is 7.08. The predicted molar refractivity (Wildman–Crippen MR) is 252 cm³/mol. The van der Waals surface area contributed by atoms with Crippen molar-refractivity contribution in [3.8, 4) is 23.0 Å². The lowest BCUT2D eigenvalue weighted by atomic mass is 9.94. The van der Waals surface area contributed by atoms with Crippen LogP contribution in [0.1, 0.15) is 131 Å². The molecule has 68 heavy (non-hydrogen) atoms. The van der Waals surface area contributed by atoms with Gasteiger partial charge in [-0.15, -0.1) is 0 Å². The summed E-state index contributed by atoms with van der Waals surface area (Å²) < 4.78 is 44.2. The van der Waals surface area contributed by atoms with E-state index in [-0.39, 0.29) is 22.6 Å². The summed E-state index contributed by atoms with van der Waals surface area (Å²) in [5, 5.41) is 0. The smallest absolute Gasteiger partial charge is 0.343 e. The van der Waals surface area contributed by atoms with Crippen LogP contribution >= 0.6 is 0 Å². The first-order valence-corrected chi connectivity index (χ1v) is 23.2. The Bertz CT molecular complexity index is 2090. The van der Waals surface area contributed by atoms with Gasteiger partial charge in [-0.05, 0) is 148 Å². The van der Waals surface area contributed by atoms with Crippen LogP contribution in [0, 0.1) is 0 Å². The lowest BCUT2D eigenvalue weighted by molar-refractivity contribution is -0.138. The van der Waals surface area contributed by atoms with Crippen molar-refractivity contribution in [2.75, 3.05) is 26.4 Å². The molecule has 4 aromatic rings. The van der Waals surface area contributed by atoms with Gasteiger partial charge in [-0.1, -0.05) is 51.7 Å². The second-order valence-corrected chi connectivity index (χ2v) is 16.0. The van der Waals surface area contributed by atoms with Crippen LogP contribution in [-0.2, 0) is 28.5 Å². The van der Waals surface area contributed by atoms with Crippen molar-refractivity contribution in [1.29, 1.82) is 0 Å². The Morgan fingerprint density at radius 2 is 0.691 bits per heavy atom. The molecule has 0 spiro atoms. The Morgan fingerprint density at radius 3 is 1.03 bits per heavy atom. The van der Waals surface area contributed by atoms with E-state index in [1.54, 1.807) is 48.5 Å². The standard InChI is InChI=1S/C54H60O14/c1-3-49(55)63-37-15-9-5-7-13-35-61-43-27-19-39(20-28-43)51(57)65-45-31-23-41(24-32-45)53(59)67-47-17-11-12-18-48(47)68-54(60)42-25-33-46(34-26-42)66-52(58)40-21-29-44(30-22-40)62-36-14-8-6-10-16-38-64-50(56)4-2/h3-4,19-34,47-48H,1-2,5-18,35-38H2/t47-,48-/m1/s1. The lowest BCUT2D eigenvalue weighted by Gasteiger charge is -2.30. The zero-order chi connectivity index (χ0) is 48.4. The van der Waals surface area contributed by atoms with Crippen LogP contribution in [0.15, 0.2) is 122 Å². The molecule has 0 N–H and O–H groups in total. The fourth-order valence-corrected chi connectivity index (χ4v) is 7.08. The van der Waals surface area contributed by atoms with Crippen molar-refractivity contribution >= 4 is 35.8 Å². The van der Waals surface area contributed by atoms with Crippen molar-refractivity contribution < 1.29 is 66.7 Å². The van der Waals surface area contributed by atoms with Crippen LogP contribution in [-0.4, -0.2) is 74.5 Å². The number of unbranched alkanes of at least 4 members (excludes halogenated alkanes) is 8. The van der Waals surface area contributed by atoms with Crippen LogP contribution in [0.2, 0.25) is 0 Å². The maximum atomic E-state index is 13.2. The average molecular weight is 933 g/mol. The van der Waals surface area contributed by atoms with E-state index >= 15 is 0 Å². The molecule has 0 radical (unpaired) electrons. The Labute approximate surface area is 397 Å². The minimum absolute atomic E-state index is 0.243. The molecule has 360 valence electrons. The molecule has 0 aromatic heterocycles. The van der Waals surface area contributed by atoms with Gasteiger partial charge in [0.2, 0.25) is 0 Å². The van der Waals surface area contributed by atoms with Gasteiger partial charge in [0.05, 0.1) is 48.7 Å². The first-order chi connectivity index (χ1) is 33.1. The predicted octanol–water partition coefficient (Wildman–Crippen LogP) is 10.6. The Hall–Kier alpha value is -7.22. The minimum atomic E-state index is -0.660. The highest BCUT2D eigenvalue weighted by Crippen LogP contribution is 2.27. The molecule has 0 amide bonds. The van der Waals surface area contributed by atoms with Gasteiger partial charge in [-0.3, -0.25) is 0 Å². The molecular formula is C54H60O14. The first-order valence-electron chi connectivity index (χ1n) is 23.2. The zero-order valence-electron chi connectivity index (χ0n) is 38.4. The number of carbonyl (C=O) groups excluding carboxylic acids is 6. The third kappa shape index (κ3) is 18.2. The SMILES string of the molecule is C=CC(=O)OCCCCCCCOc1ccc(C(=O)Oc2ccc(C(=O)O[C@@H]3CCCC[C@H]3OC(=O)c3ccc(OC(=O)c4ccc(OCCCCCCCOC(=O)C=C)cc4)cc3)cc2)cc1. The van der Waals surface area contributed by atoms with Crippen LogP contribution in [0.5, 0.6) is 23.0 Å². The number of hydrogen-bond acceptors (Lipinski definition) is 14. The minimum Gasteiger partial charge on any atom is -0.494 e. The van der Waals surface area contributed by atoms with Gasteiger partial charge in [-0.2, -0.15) is 0 Å². The van der Waals surface area contributed by atoms with E-state index in [2.05, 4.69) is 13.2 Å². The normalized spacial score (nSPS) is 14.1. The maximum Gasteiger partial charge on any atom is 0.343 e. The summed E-state index contributed by atoms with van der Waals surface area (Å²) in [7, 11) is 0. The second-order valence-electron chi connectivity index (χ2n) is 16.0. The van der Waals surface area contributed by atoms with Crippen LogP contribution in [0.25, 0.3) is 0 Å². The molecule has 0 bridgehead atoms. The van der Waals surface area contributed by atoms with Gasteiger partial charge < -0.3 is 37.9 Å². The molecule has 0 aliphatic heterocycles. The highest BCUT2D eigenvalue weighted by Gasteiger charge is 2.32. The summed E-state index contributed by atoms with van der Waals surface area (Å²) in [6.07, 6.45) is 12.8. The number of ether oxygens (including phenoxy) is 8. The fraction of sp³-hybridized carbons (Fsp3) is 0.370. The molecule has 1 saturated carbocycles. The van der Waals surface area contributed by atoms with Crippen LogP contribution < -0.4 is 18.9 Å². The highest BCUT2D eigenvalue weighted by atomic mass is 16.6. The Balaban J connectivity index is 0.985. The van der Waals surface area contributed by atoms with Crippen molar-refractivity contribution in [2.45, 2.75) is 102 Å². The third-order valence-corrected chi connectivity index (χ3v) is 10.9. The summed E-state index contributed by atoms with van der Waals surface area (Å²) in [6.45, 7) is 8.60. The van der Waals surface area contributed by atoms with Gasteiger partial charge in [0, 0.05) is 12.2 Å². The number of rotatable bonds is 28. The van der Waals surface area contributed by atoms with E-state index in [1.807, 2.05) is 0 Å².